The lowest BCUT2D eigenvalue weighted by Crippen LogP contribution is -2.16. The van der Waals surface area contributed by atoms with Crippen molar-refractivity contribution >= 4 is 0 Å². The molecule has 0 spiro atoms. The second-order valence-electron chi connectivity index (χ2n) is 4.19. The van der Waals surface area contributed by atoms with Crippen LogP contribution < -0.4 is 9.47 Å². The SMILES string of the molecule is C=CCOC(C)Oc1ccc(Oc2ccccc2)cc1. The molecule has 1 unspecified atom stereocenters. The Hall–Kier alpha value is -2.26. The van der Waals surface area contributed by atoms with Crippen molar-refractivity contribution in [2.75, 3.05) is 6.61 Å². The number of para-hydroxylation sites is 1. The van der Waals surface area contributed by atoms with Gasteiger partial charge in [0.1, 0.15) is 17.2 Å². The highest BCUT2D eigenvalue weighted by Crippen LogP contribution is 2.24. The van der Waals surface area contributed by atoms with Crippen molar-refractivity contribution in [3.63, 3.8) is 0 Å². The van der Waals surface area contributed by atoms with Crippen LogP contribution in [0.3, 0.4) is 0 Å². The first-order valence-electron chi connectivity index (χ1n) is 6.50. The molecule has 0 heterocycles. The van der Waals surface area contributed by atoms with Crippen LogP contribution in [0.5, 0.6) is 17.2 Å². The van der Waals surface area contributed by atoms with E-state index in [-0.39, 0.29) is 6.29 Å². The van der Waals surface area contributed by atoms with Gasteiger partial charge in [-0.2, -0.15) is 0 Å². The van der Waals surface area contributed by atoms with Crippen LogP contribution in [0.25, 0.3) is 0 Å². The van der Waals surface area contributed by atoms with Gasteiger partial charge in [0.25, 0.3) is 0 Å². The van der Waals surface area contributed by atoms with E-state index in [1.54, 1.807) is 6.08 Å². The monoisotopic (exact) mass is 270 g/mol. The maximum atomic E-state index is 5.70. The topological polar surface area (TPSA) is 27.7 Å². The van der Waals surface area contributed by atoms with Gasteiger partial charge in [-0.15, -0.1) is 6.58 Å². The van der Waals surface area contributed by atoms with E-state index in [2.05, 4.69) is 6.58 Å². The molecule has 0 radical (unpaired) electrons. The van der Waals surface area contributed by atoms with Crippen LogP contribution in [0.15, 0.2) is 67.3 Å². The third kappa shape index (κ3) is 4.44. The number of ether oxygens (including phenoxy) is 3. The summed E-state index contributed by atoms with van der Waals surface area (Å²) in [4.78, 5) is 0. The molecule has 0 saturated heterocycles. The fourth-order valence-electron chi connectivity index (χ4n) is 1.64. The highest BCUT2D eigenvalue weighted by Gasteiger charge is 2.03. The second kappa shape index (κ2) is 7.36. The van der Waals surface area contributed by atoms with Crippen LogP contribution in [-0.4, -0.2) is 12.9 Å². The molecule has 0 bridgehead atoms. The Balaban J connectivity index is 1.91. The summed E-state index contributed by atoms with van der Waals surface area (Å²) in [7, 11) is 0. The van der Waals surface area contributed by atoms with Crippen molar-refractivity contribution in [1.29, 1.82) is 0 Å². The predicted octanol–water partition coefficient (Wildman–Crippen LogP) is 4.41. The van der Waals surface area contributed by atoms with Gasteiger partial charge in [-0.1, -0.05) is 24.3 Å². The first-order chi connectivity index (χ1) is 9.78. The molecule has 0 aromatic heterocycles. The van der Waals surface area contributed by atoms with Crippen LogP contribution in [0.4, 0.5) is 0 Å². The van der Waals surface area contributed by atoms with Gasteiger partial charge in [0.05, 0.1) is 6.61 Å². The van der Waals surface area contributed by atoms with Crippen molar-refractivity contribution in [3.05, 3.63) is 67.3 Å². The van der Waals surface area contributed by atoms with Gasteiger partial charge in [0.2, 0.25) is 0 Å². The molecule has 2 aromatic carbocycles. The van der Waals surface area contributed by atoms with Crippen molar-refractivity contribution in [2.45, 2.75) is 13.2 Å². The molecule has 3 nitrogen and oxygen atoms in total. The average molecular weight is 270 g/mol. The quantitative estimate of drug-likeness (QED) is 0.551. The Morgan fingerprint density at radius 3 is 2.20 bits per heavy atom. The Labute approximate surface area is 119 Å². The Kier molecular flexibility index (Phi) is 5.21. The van der Waals surface area contributed by atoms with Crippen molar-refractivity contribution in [1.82, 2.24) is 0 Å². The highest BCUT2D eigenvalue weighted by atomic mass is 16.7. The molecule has 2 aromatic rings. The molecule has 0 fully saturated rings. The molecule has 0 N–H and O–H groups in total. The summed E-state index contributed by atoms with van der Waals surface area (Å²) in [5.74, 6) is 2.31. The van der Waals surface area contributed by atoms with Gasteiger partial charge in [-0.3, -0.25) is 0 Å². The maximum absolute atomic E-state index is 5.70. The second-order valence-corrected chi connectivity index (χ2v) is 4.19. The molecule has 104 valence electrons. The first-order valence-corrected chi connectivity index (χ1v) is 6.50. The maximum Gasteiger partial charge on any atom is 0.197 e. The van der Waals surface area contributed by atoms with E-state index in [4.69, 9.17) is 14.2 Å². The highest BCUT2D eigenvalue weighted by molar-refractivity contribution is 5.35. The van der Waals surface area contributed by atoms with Crippen LogP contribution in [0.2, 0.25) is 0 Å². The van der Waals surface area contributed by atoms with E-state index in [0.717, 1.165) is 17.2 Å². The van der Waals surface area contributed by atoms with Gasteiger partial charge in [0, 0.05) is 0 Å². The molecule has 0 aliphatic rings. The lowest BCUT2D eigenvalue weighted by Gasteiger charge is -2.14. The molecule has 1 atom stereocenters. The van der Waals surface area contributed by atoms with Gasteiger partial charge in [-0.25, -0.2) is 0 Å². The third-order valence-electron chi connectivity index (χ3n) is 2.55. The van der Waals surface area contributed by atoms with Crippen LogP contribution in [0, 0.1) is 0 Å². The Morgan fingerprint density at radius 2 is 1.55 bits per heavy atom. The molecule has 0 amide bonds. The summed E-state index contributed by atoms with van der Waals surface area (Å²) in [6.45, 7) is 5.91. The van der Waals surface area contributed by atoms with Crippen LogP contribution >= 0.6 is 0 Å². The Bertz CT molecular complexity index is 520. The van der Waals surface area contributed by atoms with Gasteiger partial charge in [0.15, 0.2) is 6.29 Å². The summed E-state index contributed by atoms with van der Waals surface area (Å²) in [5, 5.41) is 0. The minimum atomic E-state index is -0.311. The number of rotatable bonds is 7. The lowest BCUT2D eigenvalue weighted by atomic mass is 10.3. The standard InChI is InChI=1S/C17H18O3/c1-3-13-18-14(2)19-16-9-11-17(12-10-16)20-15-7-5-4-6-8-15/h3-12,14H,1,13H2,2H3. The van der Waals surface area contributed by atoms with Crippen LogP contribution in [-0.2, 0) is 4.74 Å². The minimum absolute atomic E-state index is 0.311. The molecule has 20 heavy (non-hydrogen) atoms. The summed E-state index contributed by atoms with van der Waals surface area (Å²) >= 11 is 0. The first kappa shape index (κ1) is 14.2. The number of hydrogen-bond donors (Lipinski definition) is 0. The molecule has 2 rings (SSSR count). The average Bonchev–Trinajstić information content (AvgIpc) is 2.48. The van der Waals surface area contributed by atoms with Crippen molar-refractivity contribution in [2.24, 2.45) is 0 Å². The zero-order chi connectivity index (χ0) is 14.2. The van der Waals surface area contributed by atoms with Gasteiger partial charge < -0.3 is 14.2 Å². The minimum Gasteiger partial charge on any atom is -0.465 e. The Morgan fingerprint density at radius 1 is 0.950 bits per heavy atom. The van der Waals surface area contributed by atoms with Gasteiger partial charge in [-0.05, 0) is 43.3 Å². The summed E-state index contributed by atoms with van der Waals surface area (Å²) in [6, 6.07) is 17.1. The normalized spacial score (nSPS) is 11.7. The van der Waals surface area contributed by atoms with E-state index in [0.29, 0.717) is 6.61 Å². The van der Waals surface area contributed by atoms with E-state index in [1.807, 2.05) is 61.5 Å². The molecule has 0 aliphatic carbocycles. The predicted molar refractivity (Wildman–Crippen MR) is 79.2 cm³/mol. The largest absolute Gasteiger partial charge is 0.465 e. The summed E-state index contributed by atoms with van der Waals surface area (Å²) in [6.07, 6.45) is 1.38. The van der Waals surface area contributed by atoms with Crippen molar-refractivity contribution < 1.29 is 14.2 Å². The summed E-state index contributed by atoms with van der Waals surface area (Å²) < 4.78 is 16.6. The van der Waals surface area contributed by atoms with Gasteiger partial charge >= 0.3 is 0 Å². The van der Waals surface area contributed by atoms with Crippen LogP contribution in [0.1, 0.15) is 6.92 Å². The van der Waals surface area contributed by atoms with E-state index in [9.17, 15) is 0 Å². The molecule has 0 aliphatic heterocycles. The lowest BCUT2D eigenvalue weighted by molar-refractivity contribution is -0.0548. The fourth-order valence-corrected chi connectivity index (χ4v) is 1.64. The van der Waals surface area contributed by atoms with Crippen molar-refractivity contribution in [3.8, 4) is 17.2 Å². The smallest absolute Gasteiger partial charge is 0.197 e. The fraction of sp³-hybridized carbons (Fsp3) is 0.176. The molecule has 3 heteroatoms. The van der Waals surface area contributed by atoms with E-state index >= 15 is 0 Å². The molecular weight excluding hydrogens is 252 g/mol. The summed E-state index contributed by atoms with van der Waals surface area (Å²) in [5.41, 5.74) is 0. The van der Waals surface area contributed by atoms with E-state index in [1.165, 1.54) is 0 Å². The zero-order valence-electron chi connectivity index (χ0n) is 11.5. The molecular formula is C17H18O3. The number of benzene rings is 2. The number of hydrogen-bond acceptors (Lipinski definition) is 3. The third-order valence-corrected chi connectivity index (χ3v) is 2.55. The molecule has 0 saturated carbocycles. The zero-order valence-corrected chi connectivity index (χ0v) is 11.5. The van der Waals surface area contributed by atoms with E-state index < -0.39 is 0 Å².